The third kappa shape index (κ3) is 1.70. The number of nitrogens with zero attached hydrogens (tertiary/aromatic N) is 2. The maximum Gasteiger partial charge on any atom is 0.179 e. The van der Waals surface area contributed by atoms with Gasteiger partial charge >= 0.3 is 0 Å². The van der Waals surface area contributed by atoms with Crippen LogP contribution in [-0.4, -0.2) is 23.3 Å². The highest BCUT2D eigenvalue weighted by atomic mass is 16.1. The Morgan fingerprint density at radius 2 is 2.36 bits per heavy atom. The van der Waals surface area contributed by atoms with Gasteiger partial charge in [0.05, 0.1) is 6.04 Å². The number of ketones is 1. The molecule has 1 fully saturated rings. The van der Waals surface area contributed by atoms with Crippen LogP contribution < -0.4 is 0 Å². The topological polar surface area (TPSA) is 44.1 Å². The van der Waals surface area contributed by atoms with Crippen molar-refractivity contribution in [2.24, 2.45) is 0 Å². The standard InChI is InChI=1S/C8H12N2O/c1-7(11)8-4-2-3-5-10(8)6-9/h8H,2-5H2,1H3. The maximum absolute atomic E-state index is 11.0. The molecule has 1 aliphatic heterocycles. The number of carbonyl (C=O) groups is 1. The van der Waals surface area contributed by atoms with Crippen LogP contribution in [0.5, 0.6) is 0 Å². The van der Waals surface area contributed by atoms with Crippen LogP contribution in [-0.2, 0) is 4.79 Å². The Balaban J connectivity index is 2.60. The minimum Gasteiger partial charge on any atom is -0.300 e. The Bertz CT molecular complexity index is 195. The number of hydrogen-bond acceptors (Lipinski definition) is 3. The summed E-state index contributed by atoms with van der Waals surface area (Å²) in [6.07, 6.45) is 5.01. The number of piperidine rings is 1. The van der Waals surface area contributed by atoms with Crippen molar-refractivity contribution >= 4 is 5.78 Å². The van der Waals surface area contributed by atoms with Crippen LogP contribution in [0.3, 0.4) is 0 Å². The lowest BCUT2D eigenvalue weighted by molar-refractivity contribution is -0.121. The average molecular weight is 152 g/mol. The lowest BCUT2D eigenvalue weighted by Gasteiger charge is -2.28. The summed E-state index contributed by atoms with van der Waals surface area (Å²) in [6.45, 7) is 2.31. The summed E-state index contributed by atoms with van der Waals surface area (Å²) in [4.78, 5) is 12.6. The third-order valence-corrected chi connectivity index (χ3v) is 2.10. The van der Waals surface area contributed by atoms with Gasteiger partial charge in [0.15, 0.2) is 12.0 Å². The second-order valence-electron chi connectivity index (χ2n) is 2.92. The van der Waals surface area contributed by atoms with Gasteiger partial charge in [0, 0.05) is 6.54 Å². The molecule has 0 amide bonds. The van der Waals surface area contributed by atoms with E-state index in [2.05, 4.69) is 0 Å². The zero-order valence-corrected chi connectivity index (χ0v) is 6.71. The van der Waals surface area contributed by atoms with Gasteiger partial charge in [0.25, 0.3) is 0 Å². The molecule has 11 heavy (non-hydrogen) atoms. The monoisotopic (exact) mass is 152 g/mol. The van der Waals surface area contributed by atoms with Crippen molar-refractivity contribution in [3.8, 4) is 6.19 Å². The molecule has 0 aromatic heterocycles. The van der Waals surface area contributed by atoms with Crippen LogP contribution in [0, 0.1) is 11.5 Å². The Hall–Kier alpha value is -1.04. The fraction of sp³-hybridized carbons (Fsp3) is 0.750. The zero-order valence-electron chi connectivity index (χ0n) is 6.71. The molecule has 0 saturated carbocycles. The molecule has 3 nitrogen and oxygen atoms in total. The molecule has 0 radical (unpaired) electrons. The summed E-state index contributed by atoms with van der Waals surface area (Å²) < 4.78 is 0. The van der Waals surface area contributed by atoms with E-state index in [4.69, 9.17) is 5.26 Å². The first-order valence-corrected chi connectivity index (χ1v) is 3.92. The number of likely N-dealkylation sites (tertiary alicyclic amines) is 1. The third-order valence-electron chi connectivity index (χ3n) is 2.10. The predicted octanol–water partition coefficient (Wildman–Crippen LogP) is 0.911. The number of rotatable bonds is 1. The van der Waals surface area contributed by atoms with Gasteiger partial charge in [0.1, 0.15) is 0 Å². The highest BCUT2D eigenvalue weighted by Crippen LogP contribution is 2.16. The number of hydrogen-bond donors (Lipinski definition) is 0. The van der Waals surface area contributed by atoms with Gasteiger partial charge in [-0.25, -0.2) is 0 Å². The van der Waals surface area contributed by atoms with Crippen molar-refractivity contribution in [1.82, 2.24) is 4.90 Å². The van der Waals surface area contributed by atoms with E-state index in [1.807, 2.05) is 6.19 Å². The van der Waals surface area contributed by atoms with Crippen molar-refractivity contribution in [2.75, 3.05) is 6.54 Å². The molecule has 0 bridgehead atoms. The SMILES string of the molecule is CC(=O)C1CCCCN1C#N. The van der Waals surface area contributed by atoms with Crippen LogP contribution >= 0.6 is 0 Å². The molecular formula is C8H12N2O. The lowest BCUT2D eigenvalue weighted by atomic mass is 10.0. The molecule has 0 aromatic rings. The molecule has 0 N–H and O–H groups in total. The molecule has 1 rings (SSSR count). The smallest absolute Gasteiger partial charge is 0.179 e. The van der Waals surface area contributed by atoms with Crippen LogP contribution in [0.15, 0.2) is 0 Å². The molecule has 1 heterocycles. The van der Waals surface area contributed by atoms with Crippen molar-refractivity contribution in [3.63, 3.8) is 0 Å². The van der Waals surface area contributed by atoms with E-state index in [0.29, 0.717) is 0 Å². The zero-order chi connectivity index (χ0) is 8.27. The van der Waals surface area contributed by atoms with E-state index < -0.39 is 0 Å². The van der Waals surface area contributed by atoms with Gasteiger partial charge in [0.2, 0.25) is 0 Å². The fourth-order valence-electron chi connectivity index (χ4n) is 1.47. The summed E-state index contributed by atoms with van der Waals surface area (Å²) in [7, 11) is 0. The molecule has 1 unspecified atom stereocenters. The van der Waals surface area contributed by atoms with E-state index in [0.717, 1.165) is 25.8 Å². The summed E-state index contributed by atoms with van der Waals surface area (Å²) in [5, 5.41) is 8.63. The van der Waals surface area contributed by atoms with Crippen molar-refractivity contribution in [1.29, 1.82) is 5.26 Å². The van der Waals surface area contributed by atoms with E-state index in [9.17, 15) is 4.79 Å². The predicted molar refractivity (Wildman–Crippen MR) is 40.6 cm³/mol. The Labute approximate surface area is 66.6 Å². The molecule has 1 atom stereocenters. The maximum atomic E-state index is 11.0. The second kappa shape index (κ2) is 3.38. The summed E-state index contributed by atoms with van der Waals surface area (Å²) in [6, 6.07) is -0.131. The normalized spacial score (nSPS) is 24.4. The molecular weight excluding hydrogens is 140 g/mol. The fourth-order valence-corrected chi connectivity index (χ4v) is 1.47. The first-order chi connectivity index (χ1) is 5.25. The summed E-state index contributed by atoms with van der Waals surface area (Å²) in [5.74, 6) is 0.117. The van der Waals surface area contributed by atoms with Gasteiger partial charge in [-0.3, -0.25) is 4.79 Å². The average Bonchev–Trinajstić information content (AvgIpc) is 2.04. The van der Waals surface area contributed by atoms with Crippen LogP contribution in [0.4, 0.5) is 0 Å². The Kier molecular flexibility index (Phi) is 2.48. The van der Waals surface area contributed by atoms with Crippen molar-refractivity contribution in [2.45, 2.75) is 32.2 Å². The largest absolute Gasteiger partial charge is 0.300 e. The quantitative estimate of drug-likeness (QED) is 0.524. The first kappa shape index (κ1) is 8.06. The van der Waals surface area contributed by atoms with Gasteiger partial charge in [-0.1, -0.05) is 0 Å². The number of carbonyl (C=O) groups excluding carboxylic acids is 1. The highest BCUT2D eigenvalue weighted by molar-refractivity contribution is 5.81. The molecule has 0 spiro atoms. The highest BCUT2D eigenvalue weighted by Gasteiger charge is 2.24. The van der Waals surface area contributed by atoms with E-state index in [1.54, 1.807) is 11.8 Å². The van der Waals surface area contributed by atoms with Gasteiger partial charge < -0.3 is 4.90 Å². The molecule has 60 valence electrons. The Morgan fingerprint density at radius 1 is 1.64 bits per heavy atom. The second-order valence-corrected chi connectivity index (χ2v) is 2.92. The summed E-state index contributed by atoms with van der Waals surface area (Å²) in [5.41, 5.74) is 0. The first-order valence-electron chi connectivity index (χ1n) is 3.92. The van der Waals surface area contributed by atoms with Crippen LogP contribution in [0.1, 0.15) is 26.2 Å². The van der Waals surface area contributed by atoms with Crippen LogP contribution in [0.2, 0.25) is 0 Å². The number of nitriles is 1. The summed E-state index contributed by atoms with van der Waals surface area (Å²) >= 11 is 0. The molecule has 1 saturated heterocycles. The van der Waals surface area contributed by atoms with Crippen molar-refractivity contribution < 1.29 is 4.79 Å². The Morgan fingerprint density at radius 3 is 2.82 bits per heavy atom. The minimum absolute atomic E-state index is 0.117. The molecule has 0 aromatic carbocycles. The van der Waals surface area contributed by atoms with Gasteiger partial charge in [-0.05, 0) is 26.2 Å². The molecule has 0 aliphatic carbocycles. The molecule has 1 aliphatic rings. The van der Waals surface area contributed by atoms with Gasteiger partial charge in [-0.15, -0.1) is 0 Å². The number of Topliss-reactive ketones (excluding diaryl/α,β-unsaturated/α-hetero) is 1. The van der Waals surface area contributed by atoms with E-state index in [-0.39, 0.29) is 11.8 Å². The van der Waals surface area contributed by atoms with Crippen molar-refractivity contribution in [3.05, 3.63) is 0 Å². The van der Waals surface area contributed by atoms with Crippen LogP contribution in [0.25, 0.3) is 0 Å². The van der Waals surface area contributed by atoms with Gasteiger partial charge in [-0.2, -0.15) is 5.26 Å². The van der Waals surface area contributed by atoms with E-state index >= 15 is 0 Å². The van der Waals surface area contributed by atoms with E-state index in [1.165, 1.54) is 0 Å². The minimum atomic E-state index is -0.131. The lowest BCUT2D eigenvalue weighted by Crippen LogP contribution is -2.40. The molecule has 3 heteroatoms.